The first kappa shape index (κ1) is 18.2. The third-order valence-electron chi connectivity index (χ3n) is 3.40. The maximum absolute atomic E-state index is 12.2. The molecule has 0 saturated heterocycles. The van der Waals surface area contributed by atoms with Crippen LogP contribution in [0.15, 0.2) is 39.8 Å². The Morgan fingerprint density at radius 2 is 1.92 bits per heavy atom. The van der Waals surface area contributed by atoms with Gasteiger partial charge in [0.25, 0.3) is 0 Å². The molecule has 2 N–H and O–H groups in total. The second-order valence-corrected chi connectivity index (χ2v) is 7.51. The molecule has 0 saturated carbocycles. The number of benzene rings is 1. The van der Waals surface area contributed by atoms with Gasteiger partial charge in [-0.3, -0.25) is 4.79 Å². The third kappa shape index (κ3) is 4.90. The molecule has 0 unspecified atom stereocenters. The highest BCUT2D eigenvalue weighted by atomic mass is 32.2. The lowest BCUT2D eigenvalue weighted by atomic mass is 10.0. The molecule has 2 aromatic rings. The van der Waals surface area contributed by atoms with Crippen molar-refractivity contribution < 1.29 is 17.7 Å². The normalized spacial score (nSPS) is 11.7. The molecule has 0 bridgehead atoms. The maximum atomic E-state index is 12.2. The fourth-order valence-electron chi connectivity index (χ4n) is 2.04. The number of carbonyl (C=O) groups is 1. The highest BCUT2D eigenvalue weighted by molar-refractivity contribution is 7.89. The van der Waals surface area contributed by atoms with Gasteiger partial charge >= 0.3 is 0 Å². The van der Waals surface area contributed by atoms with Crippen LogP contribution in [0.4, 0.5) is 5.82 Å². The van der Waals surface area contributed by atoms with E-state index < -0.39 is 10.0 Å². The summed E-state index contributed by atoms with van der Waals surface area (Å²) in [5.74, 6) is 0.875. The molecule has 1 aromatic carbocycles. The lowest BCUT2D eigenvalue weighted by Crippen LogP contribution is -2.27. The molecule has 0 atom stereocenters. The van der Waals surface area contributed by atoms with Crippen LogP contribution in [0, 0.1) is 6.92 Å². The van der Waals surface area contributed by atoms with Gasteiger partial charge in [-0.15, -0.1) is 0 Å². The first-order valence-electron chi connectivity index (χ1n) is 7.61. The fourth-order valence-corrected chi connectivity index (χ4v) is 3.08. The summed E-state index contributed by atoms with van der Waals surface area (Å²) in [4.78, 5) is 11.9. The Morgan fingerprint density at radius 1 is 1.25 bits per heavy atom. The van der Waals surface area contributed by atoms with Crippen molar-refractivity contribution in [2.75, 3.05) is 11.9 Å². The van der Waals surface area contributed by atoms with Crippen molar-refractivity contribution in [3.8, 4) is 0 Å². The van der Waals surface area contributed by atoms with Crippen molar-refractivity contribution in [3.05, 3.63) is 41.7 Å². The second kappa shape index (κ2) is 7.59. The first-order chi connectivity index (χ1) is 11.3. The molecule has 2 rings (SSSR count). The number of aryl methyl sites for hydroxylation is 1. The van der Waals surface area contributed by atoms with Crippen molar-refractivity contribution in [3.63, 3.8) is 0 Å². The van der Waals surface area contributed by atoms with E-state index in [1.807, 2.05) is 13.8 Å². The molecule has 0 aliphatic heterocycles. The van der Waals surface area contributed by atoms with Crippen molar-refractivity contribution in [1.82, 2.24) is 9.88 Å². The number of nitrogens with zero attached hydrogens (tertiary/aromatic N) is 1. The van der Waals surface area contributed by atoms with E-state index >= 15 is 0 Å². The summed E-state index contributed by atoms with van der Waals surface area (Å²) in [5, 5.41) is 6.17. The van der Waals surface area contributed by atoms with E-state index in [1.165, 1.54) is 0 Å². The smallest absolute Gasteiger partial charge is 0.240 e. The number of sulfonamides is 1. The van der Waals surface area contributed by atoms with Crippen LogP contribution in [0.3, 0.4) is 0 Å². The number of hydrogen-bond acceptors (Lipinski definition) is 5. The Morgan fingerprint density at radius 3 is 2.46 bits per heavy atom. The van der Waals surface area contributed by atoms with Gasteiger partial charge in [-0.05, 0) is 30.5 Å². The van der Waals surface area contributed by atoms with E-state index in [0.717, 1.165) is 5.56 Å². The number of anilines is 1. The minimum absolute atomic E-state index is 0.00304. The van der Waals surface area contributed by atoms with Crippen molar-refractivity contribution in [2.45, 2.75) is 38.0 Å². The van der Waals surface area contributed by atoms with E-state index in [9.17, 15) is 13.2 Å². The summed E-state index contributed by atoms with van der Waals surface area (Å²) in [6.07, 6.45) is -0.00475. The monoisotopic (exact) mass is 351 g/mol. The molecule has 1 heterocycles. The van der Waals surface area contributed by atoms with Crippen LogP contribution in [0.1, 0.15) is 37.5 Å². The predicted molar refractivity (Wildman–Crippen MR) is 90.2 cm³/mol. The lowest BCUT2D eigenvalue weighted by molar-refractivity contribution is -0.116. The summed E-state index contributed by atoms with van der Waals surface area (Å²) in [5.41, 5.74) is 1.07. The van der Waals surface area contributed by atoms with Gasteiger partial charge in [0.15, 0.2) is 5.82 Å². The van der Waals surface area contributed by atoms with Gasteiger partial charge in [-0.2, -0.15) is 0 Å². The molecule has 7 nitrogen and oxygen atoms in total. The largest absolute Gasteiger partial charge is 0.360 e. The average molecular weight is 351 g/mol. The molecule has 0 spiro atoms. The van der Waals surface area contributed by atoms with Crippen LogP contribution in [0.5, 0.6) is 0 Å². The van der Waals surface area contributed by atoms with Crippen LogP contribution in [-0.4, -0.2) is 26.0 Å². The first-order valence-corrected chi connectivity index (χ1v) is 9.09. The minimum atomic E-state index is -3.63. The summed E-state index contributed by atoms with van der Waals surface area (Å²) in [6, 6.07) is 8.29. The molecule has 0 aliphatic carbocycles. The Hall–Kier alpha value is -2.19. The second-order valence-electron chi connectivity index (χ2n) is 5.74. The molecule has 130 valence electrons. The minimum Gasteiger partial charge on any atom is -0.360 e. The van der Waals surface area contributed by atoms with Crippen LogP contribution >= 0.6 is 0 Å². The SMILES string of the molecule is Cc1cc(NC(=O)CCNS(=O)(=O)c2ccc(C(C)C)cc2)no1. The van der Waals surface area contributed by atoms with Crippen molar-refractivity contribution >= 4 is 21.7 Å². The molecule has 24 heavy (non-hydrogen) atoms. The van der Waals surface area contributed by atoms with Crippen molar-refractivity contribution in [1.29, 1.82) is 0 Å². The van der Waals surface area contributed by atoms with Crippen LogP contribution in [0.25, 0.3) is 0 Å². The highest BCUT2D eigenvalue weighted by Gasteiger charge is 2.15. The molecule has 0 aliphatic rings. The summed E-state index contributed by atoms with van der Waals surface area (Å²) in [7, 11) is -3.63. The quantitative estimate of drug-likeness (QED) is 0.798. The Kier molecular flexibility index (Phi) is 5.74. The predicted octanol–water partition coefficient (Wildman–Crippen LogP) is 2.41. The summed E-state index contributed by atoms with van der Waals surface area (Å²) >= 11 is 0. The van der Waals surface area contributed by atoms with Crippen molar-refractivity contribution in [2.24, 2.45) is 0 Å². The summed E-state index contributed by atoms with van der Waals surface area (Å²) in [6.45, 7) is 5.78. The van der Waals surface area contributed by atoms with E-state index in [4.69, 9.17) is 4.52 Å². The number of rotatable bonds is 7. The average Bonchev–Trinajstić information content (AvgIpc) is 2.92. The Labute approximate surface area is 141 Å². The standard InChI is InChI=1S/C16H21N3O4S/c1-11(2)13-4-6-14(7-5-13)24(21,22)17-9-8-16(20)18-15-10-12(3)23-19-15/h4-7,10-11,17H,8-9H2,1-3H3,(H,18,19,20). The molecule has 8 heteroatoms. The van der Waals surface area contributed by atoms with Crippen LogP contribution in [-0.2, 0) is 14.8 Å². The lowest BCUT2D eigenvalue weighted by Gasteiger charge is -2.09. The number of amides is 1. The van der Waals surface area contributed by atoms with E-state index in [1.54, 1.807) is 37.3 Å². The van der Waals surface area contributed by atoms with Gasteiger partial charge in [0.1, 0.15) is 5.76 Å². The zero-order chi connectivity index (χ0) is 17.7. The Bertz CT molecular complexity index is 795. The molecular weight excluding hydrogens is 330 g/mol. The van der Waals surface area contributed by atoms with Crippen LogP contribution < -0.4 is 10.0 Å². The zero-order valence-corrected chi connectivity index (χ0v) is 14.7. The number of hydrogen-bond donors (Lipinski definition) is 2. The van der Waals surface area contributed by atoms with Gasteiger partial charge in [-0.25, -0.2) is 13.1 Å². The third-order valence-corrected chi connectivity index (χ3v) is 4.87. The topological polar surface area (TPSA) is 101 Å². The summed E-state index contributed by atoms with van der Waals surface area (Å²) < 4.78 is 31.6. The van der Waals surface area contributed by atoms with E-state index in [2.05, 4.69) is 15.2 Å². The van der Waals surface area contributed by atoms with Gasteiger partial charge in [0.05, 0.1) is 4.90 Å². The zero-order valence-electron chi connectivity index (χ0n) is 13.9. The molecule has 0 fully saturated rings. The number of carbonyl (C=O) groups excluding carboxylic acids is 1. The maximum Gasteiger partial charge on any atom is 0.240 e. The number of nitrogens with one attached hydrogen (secondary N) is 2. The number of aromatic nitrogens is 1. The van der Waals surface area contributed by atoms with Gasteiger partial charge in [0, 0.05) is 19.0 Å². The van der Waals surface area contributed by atoms with E-state index in [-0.39, 0.29) is 23.8 Å². The molecule has 1 amide bonds. The molecule has 1 aromatic heterocycles. The van der Waals surface area contributed by atoms with E-state index in [0.29, 0.717) is 17.5 Å². The molecular formula is C16H21N3O4S. The Balaban J connectivity index is 1.87. The van der Waals surface area contributed by atoms with Gasteiger partial charge in [0.2, 0.25) is 15.9 Å². The highest BCUT2D eigenvalue weighted by Crippen LogP contribution is 2.17. The molecule has 0 radical (unpaired) electrons. The fraction of sp³-hybridized carbons (Fsp3) is 0.375. The van der Waals surface area contributed by atoms with Gasteiger partial charge in [-0.1, -0.05) is 31.1 Å². The van der Waals surface area contributed by atoms with Crippen LogP contribution in [0.2, 0.25) is 0 Å². The van der Waals surface area contributed by atoms with Gasteiger partial charge < -0.3 is 9.84 Å².